The van der Waals surface area contributed by atoms with Crippen molar-refractivity contribution in [3.8, 4) is 0 Å². The molecule has 0 N–H and O–H groups in total. The lowest BCUT2D eigenvalue weighted by atomic mass is 10.1. The van der Waals surface area contributed by atoms with E-state index in [9.17, 15) is 9.59 Å². The van der Waals surface area contributed by atoms with Crippen molar-refractivity contribution in [2.45, 2.75) is 4.21 Å². The largest absolute Gasteiger partial charge is 0.298 e. The molecular weight excluding hydrogens is 336 g/mol. The first kappa shape index (κ1) is 15.4. The fraction of sp³-hybridized carbons (Fsp3) is 0.0588. The molecule has 1 heterocycles. The number of hydrogen-bond donors (Lipinski definition) is 0. The summed E-state index contributed by atoms with van der Waals surface area (Å²) < 4.78 is -0.533. The van der Waals surface area contributed by atoms with Gasteiger partial charge in [0.25, 0.3) is 0 Å². The summed E-state index contributed by atoms with van der Waals surface area (Å²) in [4.78, 5) is 23.9. The van der Waals surface area contributed by atoms with Crippen LogP contribution >= 0.6 is 35.1 Å². The second kappa shape index (κ2) is 6.32. The predicted octanol–water partition coefficient (Wildman–Crippen LogP) is 4.65. The standard InChI is InChI=1S/C17H11ClO2S2/c18-17(13-9-5-2-6-10-13)16(20)21-15(22-17)14(11-19)12-7-3-1-4-8-12/h1-11H/b15-14+. The second-order valence-corrected chi connectivity index (χ2v) is 7.90. The zero-order valence-electron chi connectivity index (χ0n) is 11.4. The molecule has 0 aliphatic carbocycles. The van der Waals surface area contributed by atoms with Gasteiger partial charge in [0.05, 0.1) is 4.24 Å². The van der Waals surface area contributed by atoms with Crippen molar-refractivity contribution >= 4 is 52.1 Å². The first-order valence-electron chi connectivity index (χ1n) is 6.56. The van der Waals surface area contributed by atoms with Crippen LogP contribution in [0.3, 0.4) is 0 Å². The fourth-order valence-corrected chi connectivity index (χ4v) is 5.32. The monoisotopic (exact) mass is 346 g/mol. The summed E-state index contributed by atoms with van der Waals surface area (Å²) in [5, 5.41) is -0.171. The molecule has 3 rings (SSSR count). The molecule has 0 amide bonds. The summed E-state index contributed by atoms with van der Waals surface area (Å²) >= 11 is 8.84. The van der Waals surface area contributed by atoms with Gasteiger partial charge in [-0.05, 0) is 22.9 Å². The quantitative estimate of drug-likeness (QED) is 0.460. The van der Waals surface area contributed by atoms with E-state index in [0.29, 0.717) is 9.81 Å². The Hall–Kier alpha value is -1.49. The van der Waals surface area contributed by atoms with Crippen LogP contribution in [0, 0.1) is 0 Å². The summed E-state index contributed by atoms with van der Waals surface area (Å²) in [5.41, 5.74) is 2.02. The van der Waals surface area contributed by atoms with Gasteiger partial charge in [0, 0.05) is 5.57 Å². The van der Waals surface area contributed by atoms with Crippen molar-refractivity contribution in [3.63, 3.8) is 0 Å². The van der Waals surface area contributed by atoms with Gasteiger partial charge in [-0.15, -0.1) is 0 Å². The van der Waals surface area contributed by atoms with E-state index in [2.05, 4.69) is 0 Å². The van der Waals surface area contributed by atoms with Crippen molar-refractivity contribution in [1.82, 2.24) is 0 Å². The first-order chi connectivity index (χ1) is 10.6. The van der Waals surface area contributed by atoms with Crippen LogP contribution in [0.5, 0.6) is 0 Å². The van der Waals surface area contributed by atoms with E-state index >= 15 is 0 Å². The molecule has 2 aromatic carbocycles. The molecule has 0 spiro atoms. The third-order valence-corrected chi connectivity index (χ3v) is 6.62. The lowest BCUT2D eigenvalue weighted by Crippen LogP contribution is -2.18. The molecule has 1 unspecified atom stereocenters. The zero-order valence-corrected chi connectivity index (χ0v) is 13.8. The molecule has 1 aliphatic rings. The van der Waals surface area contributed by atoms with Gasteiger partial charge in [0.1, 0.15) is 0 Å². The number of allylic oxidation sites excluding steroid dienone is 1. The number of carbonyl (C=O) groups excluding carboxylic acids is 2. The molecule has 2 aromatic rings. The lowest BCUT2D eigenvalue weighted by Gasteiger charge is -2.17. The van der Waals surface area contributed by atoms with E-state index in [4.69, 9.17) is 11.6 Å². The molecule has 2 nitrogen and oxygen atoms in total. The summed E-state index contributed by atoms with van der Waals surface area (Å²) in [6.45, 7) is 0. The Labute approximate surface area is 141 Å². The SMILES string of the molecule is O=C/C(=C1/SC(=O)C(Cl)(c2ccccc2)S1)c1ccccc1. The van der Waals surface area contributed by atoms with Crippen molar-refractivity contribution in [2.75, 3.05) is 0 Å². The third-order valence-electron chi connectivity index (χ3n) is 3.25. The zero-order chi connectivity index (χ0) is 15.6. The van der Waals surface area contributed by atoms with Crippen LogP contribution in [0.15, 0.2) is 64.9 Å². The highest BCUT2D eigenvalue weighted by Crippen LogP contribution is 2.59. The van der Waals surface area contributed by atoms with Gasteiger partial charge < -0.3 is 0 Å². The number of aldehydes is 1. The van der Waals surface area contributed by atoms with Crippen LogP contribution in [-0.2, 0) is 13.8 Å². The number of benzene rings is 2. The molecule has 1 atom stereocenters. The van der Waals surface area contributed by atoms with E-state index in [1.54, 1.807) is 0 Å². The molecule has 110 valence electrons. The highest BCUT2D eigenvalue weighted by Gasteiger charge is 2.47. The highest BCUT2D eigenvalue weighted by atomic mass is 35.5. The molecular formula is C17H11ClO2S2. The minimum Gasteiger partial charge on any atom is -0.298 e. The van der Waals surface area contributed by atoms with Crippen molar-refractivity contribution in [2.24, 2.45) is 0 Å². The van der Waals surface area contributed by atoms with Gasteiger partial charge in [0.2, 0.25) is 5.12 Å². The van der Waals surface area contributed by atoms with Crippen LogP contribution in [0.1, 0.15) is 11.1 Å². The maximum Gasteiger partial charge on any atom is 0.230 e. The van der Waals surface area contributed by atoms with Crippen LogP contribution in [0.2, 0.25) is 0 Å². The predicted molar refractivity (Wildman–Crippen MR) is 93.6 cm³/mol. The Bertz CT molecular complexity index is 744. The Morgan fingerprint density at radius 2 is 1.59 bits per heavy atom. The van der Waals surface area contributed by atoms with Crippen molar-refractivity contribution in [3.05, 3.63) is 76.0 Å². The molecule has 0 radical (unpaired) electrons. The van der Waals surface area contributed by atoms with E-state index in [1.165, 1.54) is 11.8 Å². The topological polar surface area (TPSA) is 34.1 Å². The highest BCUT2D eigenvalue weighted by molar-refractivity contribution is 8.35. The molecule has 1 fully saturated rings. The summed E-state index contributed by atoms with van der Waals surface area (Å²) in [6.07, 6.45) is 0.783. The van der Waals surface area contributed by atoms with Gasteiger partial charge >= 0.3 is 0 Å². The third kappa shape index (κ3) is 2.74. The number of alkyl halides is 1. The number of hydrogen-bond acceptors (Lipinski definition) is 4. The molecule has 0 aromatic heterocycles. The van der Waals surface area contributed by atoms with E-state index in [0.717, 1.165) is 29.2 Å². The van der Waals surface area contributed by atoms with Crippen LogP contribution in [-0.4, -0.2) is 11.4 Å². The Balaban J connectivity index is 2.04. The van der Waals surface area contributed by atoms with Gasteiger partial charge in [-0.25, -0.2) is 0 Å². The van der Waals surface area contributed by atoms with Crippen LogP contribution < -0.4 is 0 Å². The summed E-state index contributed by atoms with van der Waals surface area (Å²) in [7, 11) is 0. The van der Waals surface area contributed by atoms with Gasteiger partial charge in [-0.2, -0.15) is 0 Å². The number of carbonyl (C=O) groups is 2. The summed E-state index contributed by atoms with van der Waals surface area (Å²) in [6, 6.07) is 18.5. The molecule has 5 heteroatoms. The lowest BCUT2D eigenvalue weighted by molar-refractivity contribution is -0.111. The molecule has 0 bridgehead atoms. The Morgan fingerprint density at radius 1 is 1.00 bits per heavy atom. The van der Waals surface area contributed by atoms with Crippen molar-refractivity contribution in [1.29, 1.82) is 0 Å². The molecule has 22 heavy (non-hydrogen) atoms. The minimum atomic E-state index is -1.18. The maximum atomic E-state index is 12.4. The minimum absolute atomic E-state index is 0.171. The van der Waals surface area contributed by atoms with E-state index in [1.807, 2.05) is 60.7 Å². The Kier molecular flexibility index (Phi) is 4.43. The average molecular weight is 347 g/mol. The number of thioether (sulfide) groups is 2. The normalized spacial score (nSPS) is 23.4. The number of rotatable bonds is 3. The Morgan fingerprint density at radius 3 is 2.18 bits per heavy atom. The average Bonchev–Trinajstić information content (AvgIpc) is 2.86. The first-order valence-corrected chi connectivity index (χ1v) is 8.57. The smallest absolute Gasteiger partial charge is 0.230 e. The maximum absolute atomic E-state index is 12.4. The molecule has 1 saturated heterocycles. The second-order valence-electron chi connectivity index (χ2n) is 4.64. The number of halogens is 1. The fourth-order valence-electron chi connectivity index (χ4n) is 2.13. The molecule has 0 saturated carbocycles. The van der Waals surface area contributed by atoms with Crippen LogP contribution in [0.25, 0.3) is 5.57 Å². The van der Waals surface area contributed by atoms with E-state index < -0.39 is 4.21 Å². The van der Waals surface area contributed by atoms with Crippen molar-refractivity contribution < 1.29 is 9.59 Å². The van der Waals surface area contributed by atoms with E-state index in [-0.39, 0.29) is 5.12 Å². The van der Waals surface area contributed by atoms with Gasteiger partial charge in [-0.3, -0.25) is 9.59 Å². The molecule has 1 aliphatic heterocycles. The van der Waals surface area contributed by atoms with Gasteiger partial charge in [0.15, 0.2) is 10.5 Å². The van der Waals surface area contributed by atoms with Gasteiger partial charge in [-0.1, -0.05) is 84.0 Å². The van der Waals surface area contributed by atoms with Crippen LogP contribution in [0.4, 0.5) is 0 Å². The summed E-state index contributed by atoms with van der Waals surface area (Å²) in [5.74, 6) is 0.